The van der Waals surface area contributed by atoms with E-state index in [2.05, 4.69) is 34.9 Å². The van der Waals surface area contributed by atoms with Gasteiger partial charge < -0.3 is 19.4 Å². The minimum absolute atomic E-state index is 0.462. The first-order chi connectivity index (χ1) is 16.7. The Labute approximate surface area is 197 Å². The van der Waals surface area contributed by atoms with E-state index in [-0.39, 0.29) is 0 Å². The smallest absolute Gasteiger partial charge is 0.412 e. The predicted octanol–water partition coefficient (Wildman–Crippen LogP) is 4.26. The summed E-state index contributed by atoms with van der Waals surface area (Å²) in [5, 5.41) is 7.84. The maximum absolute atomic E-state index is 11.5. The molecule has 1 aliphatic heterocycles. The molecule has 3 aromatic heterocycles. The van der Waals surface area contributed by atoms with Crippen LogP contribution in [0.3, 0.4) is 0 Å². The van der Waals surface area contributed by atoms with Gasteiger partial charge in [-0.2, -0.15) is 0 Å². The van der Waals surface area contributed by atoms with Crippen molar-refractivity contribution in [1.82, 2.24) is 19.5 Å². The molecular formula is C25H26N6O3. The molecule has 0 unspecified atom stereocenters. The number of fused-ring (bicyclic) bond motifs is 2. The van der Waals surface area contributed by atoms with Gasteiger partial charge in [0.25, 0.3) is 0 Å². The number of methoxy groups -OCH3 is 1. The lowest BCUT2D eigenvalue weighted by Crippen LogP contribution is -2.24. The maximum Gasteiger partial charge on any atom is 0.412 e. The van der Waals surface area contributed by atoms with Gasteiger partial charge >= 0.3 is 6.09 Å². The van der Waals surface area contributed by atoms with Crippen LogP contribution >= 0.6 is 0 Å². The summed E-state index contributed by atoms with van der Waals surface area (Å²) in [5.41, 5.74) is 2.01. The number of carbonyl (C=O) groups is 1. The molecule has 34 heavy (non-hydrogen) atoms. The maximum atomic E-state index is 11.5. The molecule has 1 aromatic carbocycles. The van der Waals surface area contributed by atoms with Gasteiger partial charge in [0.15, 0.2) is 0 Å². The zero-order valence-electron chi connectivity index (χ0n) is 18.9. The number of nitrogens with zero attached hydrogens (tertiary/aromatic N) is 4. The zero-order valence-corrected chi connectivity index (χ0v) is 18.9. The lowest BCUT2D eigenvalue weighted by molar-refractivity contribution is 0.187. The van der Waals surface area contributed by atoms with E-state index in [9.17, 15) is 4.79 Å². The number of rotatable bonds is 7. The van der Waals surface area contributed by atoms with Crippen LogP contribution in [0.2, 0.25) is 0 Å². The Morgan fingerprint density at radius 2 is 2.09 bits per heavy atom. The molecule has 4 aromatic rings. The number of anilines is 2. The monoisotopic (exact) mass is 458 g/mol. The average Bonchev–Trinajstić information content (AvgIpc) is 3.35. The normalized spacial score (nSPS) is 14.9. The Balaban J connectivity index is 1.15. The number of hydrogen-bond acceptors (Lipinski definition) is 7. The second-order valence-corrected chi connectivity index (χ2v) is 8.28. The van der Waals surface area contributed by atoms with Crippen molar-refractivity contribution < 1.29 is 14.3 Å². The van der Waals surface area contributed by atoms with Crippen LogP contribution in [0.1, 0.15) is 17.8 Å². The summed E-state index contributed by atoms with van der Waals surface area (Å²) in [4.78, 5) is 24.6. The molecule has 9 nitrogen and oxygen atoms in total. The van der Waals surface area contributed by atoms with E-state index in [1.54, 1.807) is 6.20 Å². The third kappa shape index (κ3) is 4.93. The van der Waals surface area contributed by atoms with Gasteiger partial charge in [-0.05, 0) is 41.6 Å². The number of ether oxygens (including phenoxy) is 2. The number of hydrogen-bond donors (Lipinski definition) is 2. The molecule has 4 heterocycles. The van der Waals surface area contributed by atoms with Gasteiger partial charge in [-0.3, -0.25) is 5.32 Å². The van der Waals surface area contributed by atoms with Crippen molar-refractivity contribution in [3.63, 3.8) is 0 Å². The quantitative estimate of drug-likeness (QED) is 0.427. The number of amides is 1. The van der Waals surface area contributed by atoms with E-state index in [1.807, 2.05) is 55.0 Å². The molecule has 0 saturated heterocycles. The van der Waals surface area contributed by atoms with E-state index in [0.717, 1.165) is 47.2 Å². The molecule has 2 N–H and O–H groups in total. The highest BCUT2D eigenvalue weighted by Gasteiger charge is 2.19. The molecule has 0 aliphatic carbocycles. The van der Waals surface area contributed by atoms with Gasteiger partial charge in [-0.15, -0.1) is 0 Å². The summed E-state index contributed by atoms with van der Waals surface area (Å²) < 4.78 is 12.8. The Morgan fingerprint density at radius 3 is 2.94 bits per heavy atom. The Bertz CT molecular complexity index is 1290. The molecule has 174 valence electrons. The lowest BCUT2D eigenvalue weighted by atomic mass is 9.99. The minimum Gasteiger partial charge on any atom is -0.477 e. The van der Waals surface area contributed by atoms with Crippen LogP contribution < -0.4 is 15.4 Å². The Kier molecular flexibility index (Phi) is 6.24. The van der Waals surface area contributed by atoms with Gasteiger partial charge in [0.2, 0.25) is 5.88 Å². The molecule has 0 fully saturated rings. The first-order valence-electron chi connectivity index (χ1n) is 11.2. The highest BCUT2D eigenvalue weighted by molar-refractivity contribution is 5.99. The highest BCUT2D eigenvalue weighted by Crippen LogP contribution is 2.25. The summed E-state index contributed by atoms with van der Waals surface area (Å²) in [6, 6.07) is 11.7. The van der Waals surface area contributed by atoms with Gasteiger partial charge in [0, 0.05) is 67.4 Å². The Morgan fingerprint density at radius 1 is 1.15 bits per heavy atom. The molecule has 0 radical (unpaired) electrons. The SMILES string of the molecule is COC(=O)Nc1nccc2cc(NCc3ccc(OC[C@@H]4CCn5ccnc5C4)nc3)ccc12. The summed E-state index contributed by atoms with van der Waals surface area (Å²) in [6.45, 7) is 2.27. The van der Waals surface area contributed by atoms with Crippen molar-refractivity contribution in [1.29, 1.82) is 0 Å². The summed E-state index contributed by atoms with van der Waals surface area (Å²) in [6.07, 6.45) is 8.87. The minimum atomic E-state index is -0.548. The summed E-state index contributed by atoms with van der Waals surface area (Å²) in [5.74, 6) is 2.70. The number of imidazole rings is 1. The number of benzene rings is 1. The van der Waals surface area contributed by atoms with Crippen LogP contribution in [0, 0.1) is 5.92 Å². The van der Waals surface area contributed by atoms with Crippen LogP contribution in [0.4, 0.5) is 16.3 Å². The number of nitrogens with one attached hydrogen (secondary N) is 2. The second kappa shape index (κ2) is 9.78. The van der Waals surface area contributed by atoms with E-state index < -0.39 is 6.09 Å². The fourth-order valence-electron chi connectivity index (χ4n) is 4.10. The Hall–Kier alpha value is -4.14. The van der Waals surface area contributed by atoms with Crippen LogP contribution in [0.15, 0.2) is 61.2 Å². The van der Waals surface area contributed by atoms with Crippen LogP contribution in [-0.4, -0.2) is 39.3 Å². The molecule has 1 aliphatic rings. The first-order valence-corrected chi connectivity index (χ1v) is 11.2. The topological polar surface area (TPSA) is 103 Å². The van der Waals surface area contributed by atoms with Crippen molar-refractivity contribution in [3.05, 3.63) is 72.6 Å². The van der Waals surface area contributed by atoms with Gasteiger partial charge in [-0.1, -0.05) is 6.07 Å². The fraction of sp³-hybridized carbons (Fsp3) is 0.280. The van der Waals surface area contributed by atoms with Gasteiger partial charge in [-0.25, -0.2) is 19.7 Å². The van der Waals surface area contributed by atoms with Crippen molar-refractivity contribution in [2.24, 2.45) is 5.92 Å². The van der Waals surface area contributed by atoms with Crippen molar-refractivity contribution in [2.75, 3.05) is 24.4 Å². The molecule has 0 saturated carbocycles. The third-order valence-corrected chi connectivity index (χ3v) is 5.98. The van der Waals surface area contributed by atoms with E-state index in [1.165, 1.54) is 7.11 Å². The van der Waals surface area contributed by atoms with Crippen LogP contribution in [-0.2, 0) is 24.2 Å². The third-order valence-electron chi connectivity index (χ3n) is 5.98. The van der Waals surface area contributed by atoms with E-state index >= 15 is 0 Å². The number of aromatic nitrogens is 4. The molecule has 1 atom stereocenters. The van der Waals surface area contributed by atoms with E-state index in [4.69, 9.17) is 4.74 Å². The predicted molar refractivity (Wildman–Crippen MR) is 129 cm³/mol. The highest BCUT2D eigenvalue weighted by atomic mass is 16.5. The number of pyridine rings is 2. The molecule has 0 bridgehead atoms. The molecule has 5 rings (SSSR count). The van der Waals surface area contributed by atoms with Gasteiger partial charge in [0.1, 0.15) is 11.6 Å². The molecule has 0 spiro atoms. The number of carbonyl (C=O) groups excluding carboxylic acids is 1. The van der Waals surface area contributed by atoms with Crippen molar-refractivity contribution in [2.45, 2.75) is 25.9 Å². The van der Waals surface area contributed by atoms with Crippen LogP contribution in [0.5, 0.6) is 5.88 Å². The second-order valence-electron chi connectivity index (χ2n) is 8.28. The van der Waals surface area contributed by atoms with Crippen LogP contribution in [0.25, 0.3) is 10.8 Å². The first kappa shape index (κ1) is 21.7. The largest absolute Gasteiger partial charge is 0.477 e. The number of aryl methyl sites for hydroxylation is 1. The van der Waals surface area contributed by atoms with Crippen molar-refractivity contribution >= 4 is 28.4 Å². The summed E-state index contributed by atoms with van der Waals surface area (Å²) in [7, 11) is 1.32. The summed E-state index contributed by atoms with van der Waals surface area (Å²) >= 11 is 0. The van der Waals surface area contributed by atoms with Gasteiger partial charge in [0.05, 0.1) is 13.7 Å². The van der Waals surface area contributed by atoms with Crippen molar-refractivity contribution in [3.8, 4) is 5.88 Å². The molecule has 1 amide bonds. The lowest BCUT2D eigenvalue weighted by Gasteiger charge is -2.23. The van der Waals surface area contributed by atoms with E-state index in [0.29, 0.717) is 30.8 Å². The average molecular weight is 459 g/mol. The molecular weight excluding hydrogens is 432 g/mol. The molecule has 9 heteroatoms. The fourth-order valence-corrected chi connectivity index (χ4v) is 4.10. The standard InChI is InChI=1S/C25H26N6O3/c1-33-25(32)30-24-21-4-3-20(13-19(21)6-8-27-24)28-14-18-2-5-23(29-15-18)34-16-17-7-10-31-11-9-26-22(31)12-17/h2-6,8-9,11,13,15,17,28H,7,10,12,14,16H2,1H3,(H,27,30,32)/t17-/m1/s1. The zero-order chi connectivity index (χ0) is 23.3.